The van der Waals surface area contributed by atoms with Crippen molar-refractivity contribution in [1.82, 2.24) is 4.98 Å². The Bertz CT molecular complexity index is 881. The molecule has 22 heavy (non-hydrogen) atoms. The zero-order chi connectivity index (χ0) is 15.4. The second kappa shape index (κ2) is 4.89. The van der Waals surface area contributed by atoms with Gasteiger partial charge in [0.1, 0.15) is 10.1 Å². The van der Waals surface area contributed by atoms with Gasteiger partial charge in [0.15, 0.2) is 5.17 Å². The van der Waals surface area contributed by atoms with E-state index in [1.54, 1.807) is 11.3 Å². The molecule has 0 radical (unpaired) electrons. The Balaban J connectivity index is 1.98. The first-order chi connectivity index (χ1) is 10.6. The number of aryl methyl sites for hydroxylation is 2. The van der Waals surface area contributed by atoms with Gasteiger partial charge in [0.25, 0.3) is 0 Å². The fourth-order valence-corrected chi connectivity index (χ4v) is 5.19. The summed E-state index contributed by atoms with van der Waals surface area (Å²) in [5, 5.41) is 4.50. The zero-order valence-electron chi connectivity index (χ0n) is 12.4. The van der Waals surface area contributed by atoms with Crippen molar-refractivity contribution in [2.24, 2.45) is 9.98 Å². The van der Waals surface area contributed by atoms with Gasteiger partial charge in [-0.2, -0.15) is 0 Å². The third-order valence-corrected chi connectivity index (χ3v) is 5.90. The molecule has 5 nitrogen and oxygen atoms in total. The van der Waals surface area contributed by atoms with Crippen LogP contribution in [0.2, 0.25) is 0 Å². The van der Waals surface area contributed by atoms with Crippen LogP contribution >= 0.6 is 23.1 Å². The highest BCUT2D eigenvalue weighted by atomic mass is 32.2. The van der Waals surface area contributed by atoms with Crippen LogP contribution in [0.3, 0.4) is 0 Å². The van der Waals surface area contributed by atoms with E-state index in [1.807, 2.05) is 19.9 Å². The number of hydrogen-bond donors (Lipinski definition) is 1. The molecule has 1 N–H and O–H groups in total. The van der Waals surface area contributed by atoms with Crippen molar-refractivity contribution in [3.05, 3.63) is 22.2 Å². The largest absolute Gasteiger partial charge is 0.323 e. The number of fused-ring (bicyclic) bond motifs is 5. The number of carbonyl (C=O) groups excluding carboxylic acids is 1. The van der Waals surface area contributed by atoms with E-state index in [9.17, 15) is 4.79 Å². The second-order valence-corrected chi connectivity index (χ2v) is 7.38. The highest BCUT2D eigenvalue weighted by Gasteiger charge is 2.40. The molecule has 4 rings (SSSR count). The Morgan fingerprint density at radius 1 is 1.41 bits per heavy atom. The summed E-state index contributed by atoms with van der Waals surface area (Å²) in [5.41, 5.74) is 3.81. The van der Waals surface area contributed by atoms with E-state index >= 15 is 0 Å². The average Bonchev–Trinajstić information content (AvgIpc) is 3.00. The molecule has 2 aliphatic heterocycles. The summed E-state index contributed by atoms with van der Waals surface area (Å²) in [7, 11) is 0. The monoisotopic (exact) mass is 330 g/mol. The van der Waals surface area contributed by atoms with Crippen molar-refractivity contribution in [3.63, 3.8) is 0 Å². The minimum atomic E-state index is -0.285. The van der Waals surface area contributed by atoms with Crippen molar-refractivity contribution in [2.45, 2.75) is 26.0 Å². The zero-order valence-corrected chi connectivity index (χ0v) is 14.1. The van der Waals surface area contributed by atoms with Crippen molar-refractivity contribution < 1.29 is 4.79 Å². The maximum Gasteiger partial charge on any atom is 0.244 e. The third kappa shape index (κ3) is 1.92. The van der Waals surface area contributed by atoms with E-state index in [-0.39, 0.29) is 11.2 Å². The molecule has 4 heterocycles. The molecule has 0 aliphatic carbocycles. The van der Waals surface area contributed by atoms with Gasteiger partial charge < -0.3 is 5.32 Å². The van der Waals surface area contributed by atoms with Gasteiger partial charge in [-0.05, 0) is 32.4 Å². The van der Waals surface area contributed by atoms with Crippen LogP contribution in [0.1, 0.15) is 23.1 Å². The quantitative estimate of drug-likeness (QED) is 0.873. The Hall–Kier alpha value is -1.73. The van der Waals surface area contributed by atoms with Gasteiger partial charge in [0, 0.05) is 17.6 Å². The van der Waals surface area contributed by atoms with E-state index in [0.717, 1.165) is 37.8 Å². The normalized spacial score (nSPS) is 21.8. The van der Waals surface area contributed by atoms with Crippen LogP contribution in [0.25, 0.3) is 10.2 Å². The highest BCUT2D eigenvalue weighted by molar-refractivity contribution is 8.16. The number of hydrogen-bond acceptors (Lipinski definition) is 5. The molecule has 0 spiro atoms. The molecular weight excluding hydrogens is 316 g/mol. The van der Waals surface area contributed by atoms with Gasteiger partial charge in [-0.3, -0.25) is 9.79 Å². The molecule has 0 aromatic carbocycles. The number of anilines is 1. The van der Waals surface area contributed by atoms with Crippen LogP contribution in [-0.4, -0.2) is 33.6 Å². The lowest BCUT2D eigenvalue weighted by Crippen LogP contribution is -2.35. The summed E-state index contributed by atoms with van der Waals surface area (Å²) >= 11 is 3.03. The Labute approximate surface area is 136 Å². The van der Waals surface area contributed by atoms with Crippen LogP contribution in [0, 0.1) is 13.8 Å². The first-order valence-electron chi connectivity index (χ1n) is 7.10. The van der Waals surface area contributed by atoms with Gasteiger partial charge >= 0.3 is 0 Å². The highest BCUT2D eigenvalue weighted by Crippen LogP contribution is 2.44. The summed E-state index contributed by atoms with van der Waals surface area (Å²) in [6, 6.07) is 2.04. The molecule has 0 bridgehead atoms. The SMILES string of the molecule is CCN=C1N=C2c3sc4nc(C)cc(C)c4c3NC(=O)C2S1. The Morgan fingerprint density at radius 3 is 3.00 bits per heavy atom. The standard InChI is InChI=1S/C15H14N4OS2/c1-4-16-15-19-10-11-9(18-13(20)12(10)22-15)8-6(2)5-7(3)17-14(8)21-11/h5,12H,4H2,1-3H3,(H,18,20). The van der Waals surface area contributed by atoms with E-state index in [0.29, 0.717) is 11.7 Å². The van der Waals surface area contributed by atoms with Crippen molar-refractivity contribution in [1.29, 1.82) is 0 Å². The van der Waals surface area contributed by atoms with E-state index in [4.69, 9.17) is 0 Å². The number of amides is 1. The lowest BCUT2D eigenvalue weighted by molar-refractivity contribution is -0.114. The number of rotatable bonds is 1. The maximum atomic E-state index is 12.4. The van der Waals surface area contributed by atoms with E-state index in [2.05, 4.69) is 27.2 Å². The van der Waals surface area contributed by atoms with Crippen LogP contribution in [0.4, 0.5) is 5.69 Å². The Kier molecular flexibility index (Phi) is 3.09. The molecule has 1 amide bonds. The lowest BCUT2D eigenvalue weighted by Gasteiger charge is -2.18. The number of thiophene rings is 1. The number of nitrogens with one attached hydrogen (secondary N) is 1. The number of amidine groups is 1. The number of aromatic nitrogens is 1. The summed E-state index contributed by atoms with van der Waals surface area (Å²) in [6.07, 6.45) is 0. The van der Waals surface area contributed by atoms with Crippen LogP contribution in [-0.2, 0) is 4.79 Å². The fraction of sp³-hybridized carbons (Fsp3) is 0.333. The molecule has 2 aliphatic rings. The fourth-order valence-electron chi connectivity index (χ4n) is 2.83. The van der Waals surface area contributed by atoms with Crippen molar-refractivity contribution >= 4 is 55.8 Å². The number of aliphatic imine (C=N–C) groups is 2. The van der Waals surface area contributed by atoms with Crippen LogP contribution in [0.15, 0.2) is 16.1 Å². The van der Waals surface area contributed by atoms with Crippen molar-refractivity contribution in [3.8, 4) is 0 Å². The van der Waals surface area contributed by atoms with Crippen molar-refractivity contribution in [2.75, 3.05) is 11.9 Å². The van der Waals surface area contributed by atoms with Gasteiger partial charge in [-0.25, -0.2) is 9.98 Å². The van der Waals surface area contributed by atoms with Crippen LogP contribution < -0.4 is 5.32 Å². The molecule has 1 atom stereocenters. The predicted molar refractivity (Wildman–Crippen MR) is 93.6 cm³/mol. The van der Waals surface area contributed by atoms with Crippen LogP contribution in [0.5, 0.6) is 0 Å². The molecule has 1 unspecified atom stereocenters. The number of pyridine rings is 1. The van der Waals surface area contributed by atoms with Gasteiger partial charge in [-0.1, -0.05) is 11.8 Å². The average molecular weight is 330 g/mol. The summed E-state index contributed by atoms with van der Waals surface area (Å²) in [5.74, 6) is -0.0165. The molecule has 2 aromatic heterocycles. The van der Waals surface area contributed by atoms with E-state index in [1.165, 1.54) is 11.8 Å². The smallest absolute Gasteiger partial charge is 0.244 e. The number of thioether (sulfide) groups is 1. The molecule has 2 aromatic rings. The summed E-state index contributed by atoms with van der Waals surface area (Å²) < 4.78 is 0. The summed E-state index contributed by atoms with van der Waals surface area (Å²) in [4.78, 5) is 27.9. The molecule has 0 saturated carbocycles. The Morgan fingerprint density at radius 2 is 2.23 bits per heavy atom. The molecule has 0 saturated heterocycles. The molecule has 7 heteroatoms. The summed E-state index contributed by atoms with van der Waals surface area (Å²) in [6.45, 7) is 6.68. The van der Waals surface area contributed by atoms with Gasteiger partial charge in [-0.15, -0.1) is 11.3 Å². The van der Waals surface area contributed by atoms with E-state index < -0.39 is 0 Å². The first kappa shape index (κ1) is 13.9. The molecular formula is C15H14N4OS2. The maximum absolute atomic E-state index is 12.4. The van der Waals surface area contributed by atoms with Gasteiger partial charge in [0.05, 0.1) is 16.3 Å². The third-order valence-electron chi connectivity index (χ3n) is 3.69. The predicted octanol–water partition coefficient (Wildman–Crippen LogP) is 3.15. The van der Waals surface area contributed by atoms with Gasteiger partial charge in [0.2, 0.25) is 5.91 Å². The number of carbonyl (C=O) groups is 1. The number of nitrogens with zero attached hydrogens (tertiary/aromatic N) is 3. The molecule has 112 valence electrons. The molecule has 0 fully saturated rings. The lowest BCUT2D eigenvalue weighted by atomic mass is 10.1. The minimum Gasteiger partial charge on any atom is -0.323 e. The minimum absolute atomic E-state index is 0.0165. The topological polar surface area (TPSA) is 66.7 Å². The first-order valence-corrected chi connectivity index (χ1v) is 8.79. The second-order valence-electron chi connectivity index (χ2n) is 5.31.